The molecule has 1 heterocycles. The number of likely N-dealkylation sites (N-methyl/N-ethyl adjacent to an activating group) is 1. The van der Waals surface area contributed by atoms with E-state index >= 15 is 0 Å². The molecule has 0 aliphatic rings. The number of nitrogens with zero attached hydrogens (tertiary/aromatic N) is 1. The summed E-state index contributed by atoms with van der Waals surface area (Å²) in [6.07, 6.45) is 9.64. The number of aromatic nitrogens is 1. The van der Waals surface area contributed by atoms with E-state index in [-0.39, 0.29) is 0 Å². The summed E-state index contributed by atoms with van der Waals surface area (Å²) >= 11 is 6.14. The second kappa shape index (κ2) is 8.48. The Kier molecular flexibility index (Phi) is 7.22. The summed E-state index contributed by atoms with van der Waals surface area (Å²) in [5.74, 6) is 0. The topological polar surface area (TPSA) is 24.9 Å². The fourth-order valence-corrected chi connectivity index (χ4v) is 2.24. The first kappa shape index (κ1) is 14.5. The Morgan fingerprint density at radius 3 is 2.82 bits per heavy atom. The minimum absolute atomic E-state index is 0.534. The van der Waals surface area contributed by atoms with Gasteiger partial charge in [0.2, 0.25) is 0 Å². The van der Waals surface area contributed by atoms with E-state index < -0.39 is 0 Å². The highest BCUT2D eigenvalue weighted by atomic mass is 35.5. The van der Waals surface area contributed by atoms with Gasteiger partial charge in [-0.1, -0.05) is 44.7 Å². The molecule has 1 aromatic heterocycles. The largest absolute Gasteiger partial charge is 0.314 e. The van der Waals surface area contributed by atoms with Gasteiger partial charge in [-0.2, -0.15) is 0 Å². The van der Waals surface area contributed by atoms with Gasteiger partial charge in [0.15, 0.2) is 0 Å². The van der Waals surface area contributed by atoms with Crippen LogP contribution in [0.25, 0.3) is 0 Å². The first-order chi connectivity index (χ1) is 8.27. The third-order valence-corrected chi connectivity index (χ3v) is 3.31. The Bertz CT molecular complexity index is 315. The Labute approximate surface area is 110 Å². The first-order valence-electron chi connectivity index (χ1n) is 6.59. The van der Waals surface area contributed by atoms with E-state index in [9.17, 15) is 0 Å². The smallest absolute Gasteiger partial charge is 0.0621 e. The first-order valence-corrected chi connectivity index (χ1v) is 6.97. The van der Waals surface area contributed by atoms with Crippen molar-refractivity contribution in [3.8, 4) is 0 Å². The molecule has 0 radical (unpaired) electrons. The Morgan fingerprint density at radius 1 is 1.35 bits per heavy atom. The van der Waals surface area contributed by atoms with Gasteiger partial charge >= 0.3 is 0 Å². The molecule has 0 fully saturated rings. The van der Waals surface area contributed by atoms with Crippen LogP contribution in [0.15, 0.2) is 18.5 Å². The van der Waals surface area contributed by atoms with Crippen molar-refractivity contribution in [2.75, 3.05) is 6.54 Å². The lowest BCUT2D eigenvalue weighted by molar-refractivity contribution is 0.467. The number of unbranched alkanes of at least 4 members (excludes halogenated alkanes) is 2. The van der Waals surface area contributed by atoms with E-state index in [4.69, 9.17) is 11.6 Å². The molecule has 1 aromatic rings. The molecule has 1 N–H and O–H groups in total. The van der Waals surface area contributed by atoms with Gasteiger partial charge in [-0.15, -0.1) is 0 Å². The molecule has 96 valence electrons. The molecular formula is C14H23ClN2. The van der Waals surface area contributed by atoms with Crippen LogP contribution in [-0.4, -0.2) is 17.6 Å². The van der Waals surface area contributed by atoms with E-state index in [0.717, 1.165) is 18.0 Å². The monoisotopic (exact) mass is 254 g/mol. The second-order valence-corrected chi connectivity index (χ2v) is 4.83. The van der Waals surface area contributed by atoms with Crippen LogP contribution in [-0.2, 0) is 6.42 Å². The van der Waals surface area contributed by atoms with Gasteiger partial charge in [0.1, 0.15) is 0 Å². The summed E-state index contributed by atoms with van der Waals surface area (Å²) in [6, 6.07) is 2.55. The molecule has 0 aliphatic carbocycles. The third kappa shape index (κ3) is 5.51. The van der Waals surface area contributed by atoms with Crippen molar-refractivity contribution in [3.63, 3.8) is 0 Å². The van der Waals surface area contributed by atoms with Crippen LogP contribution in [0.4, 0.5) is 0 Å². The van der Waals surface area contributed by atoms with Crippen molar-refractivity contribution >= 4 is 11.6 Å². The lowest BCUT2D eigenvalue weighted by Crippen LogP contribution is -2.31. The van der Waals surface area contributed by atoms with Gasteiger partial charge in [0.25, 0.3) is 0 Å². The molecule has 0 amide bonds. The zero-order valence-electron chi connectivity index (χ0n) is 10.9. The number of hydrogen-bond donors (Lipinski definition) is 1. The van der Waals surface area contributed by atoms with Gasteiger partial charge in [0.05, 0.1) is 5.02 Å². The fraction of sp³-hybridized carbons (Fsp3) is 0.643. The highest BCUT2D eigenvalue weighted by molar-refractivity contribution is 6.31. The molecule has 0 saturated carbocycles. The molecule has 1 atom stereocenters. The summed E-state index contributed by atoms with van der Waals surface area (Å²) < 4.78 is 0. The maximum absolute atomic E-state index is 6.14. The van der Waals surface area contributed by atoms with Gasteiger partial charge in [-0.25, -0.2) is 0 Å². The van der Waals surface area contributed by atoms with Crippen molar-refractivity contribution in [1.82, 2.24) is 10.3 Å². The summed E-state index contributed by atoms with van der Waals surface area (Å²) in [4.78, 5) is 4.02. The van der Waals surface area contributed by atoms with Gasteiger partial charge in [-0.05, 0) is 31.0 Å². The van der Waals surface area contributed by atoms with E-state index in [1.807, 2.05) is 12.3 Å². The highest BCUT2D eigenvalue weighted by Gasteiger charge is 2.10. The maximum atomic E-state index is 6.14. The normalized spacial score (nSPS) is 12.6. The van der Waals surface area contributed by atoms with E-state index in [0.29, 0.717) is 6.04 Å². The molecule has 17 heavy (non-hydrogen) atoms. The molecule has 0 bridgehead atoms. The number of pyridine rings is 1. The Balaban J connectivity index is 2.50. The van der Waals surface area contributed by atoms with Crippen LogP contribution < -0.4 is 5.32 Å². The van der Waals surface area contributed by atoms with Gasteiger partial charge < -0.3 is 5.32 Å². The van der Waals surface area contributed by atoms with Crippen LogP contribution in [0.1, 0.15) is 45.1 Å². The van der Waals surface area contributed by atoms with Crippen LogP contribution in [0.5, 0.6) is 0 Å². The van der Waals surface area contributed by atoms with Crippen molar-refractivity contribution in [1.29, 1.82) is 0 Å². The Morgan fingerprint density at radius 2 is 2.18 bits per heavy atom. The summed E-state index contributed by atoms with van der Waals surface area (Å²) in [5.41, 5.74) is 1.20. The molecule has 0 spiro atoms. The van der Waals surface area contributed by atoms with E-state index in [2.05, 4.69) is 24.1 Å². The second-order valence-electron chi connectivity index (χ2n) is 4.42. The molecule has 0 saturated heterocycles. The van der Waals surface area contributed by atoms with Crippen LogP contribution in [0, 0.1) is 0 Å². The summed E-state index contributed by atoms with van der Waals surface area (Å²) in [6.45, 7) is 5.41. The predicted molar refractivity (Wildman–Crippen MR) is 74.6 cm³/mol. The molecule has 1 rings (SSSR count). The highest BCUT2D eigenvalue weighted by Crippen LogP contribution is 2.17. The Hall–Kier alpha value is -0.600. The maximum Gasteiger partial charge on any atom is 0.0621 e. The van der Waals surface area contributed by atoms with Crippen molar-refractivity contribution in [2.45, 2.75) is 52.0 Å². The van der Waals surface area contributed by atoms with E-state index in [1.165, 1.54) is 31.2 Å². The summed E-state index contributed by atoms with van der Waals surface area (Å²) in [7, 11) is 0. The quantitative estimate of drug-likeness (QED) is 0.713. The molecule has 0 aliphatic heterocycles. The van der Waals surface area contributed by atoms with Gasteiger partial charge in [0, 0.05) is 18.4 Å². The van der Waals surface area contributed by atoms with Crippen LogP contribution in [0.3, 0.4) is 0 Å². The number of rotatable bonds is 8. The minimum Gasteiger partial charge on any atom is -0.314 e. The number of hydrogen-bond acceptors (Lipinski definition) is 2. The fourth-order valence-electron chi connectivity index (χ4n) is 2.04. The lowest BCUT2D eigenvalue weighted by Gasteiger charge is -2.18. The van der Waals surface area contributed by atoms with Crippen molar-refractivity contribution in [2.24, 2.45) is 0 Å². The molecule has 1 unspecified atom stereocenters. The number of nitrogens with one attached hydrogen (secondary N) is 1. The molecule has 0 aromatic carbocycles. The lowest BCUT2D eigenvalue weighted by atomic mass is 10.0. The average Bonchev–Trinajstić information content (AvgIpc) is 2.32. The van der Waals surface area contributed by atoms with Crippen molar-refractivity contribution in [3.05, 3.63) is 29.0 Å². The number of halogens is 1. The van der Waals surface area contributed by atoms with Crippen LogP contribution >= 0.6 is 11.6 Å². The van der Waals surface area contributed by atoms with Crippen LogP contribution in [0.2, 0.25) is 5.02 Å². The molecule has 2 nitrogen and oxygen atoms in total. The third-order valence-electron chi connectivity index (χ3n) is 2.97. The van der Waals surface area contributed by atoms with E-state index in [1.54, 1.807) is 6.20 Å². The zero-order valence-corrected chi connectivity index (χ0v) is 11.6. The zero-order chi connectivity index (χ0) is 12.5. The standard InChI is InChI=1S/C14H23ClN2/c1-3-5-6-7-13(17-4-2)10-12-8-9-16-11-14(12)15/h8-9,11,13,17H,3-7,10H2,1-2H3. The minimum atomic E-state index is 0.534. The molecule has 3 heteroatoms. The SMILES string of the molecule is CCCCCC(Cc1ccncc1Cl)NCC. The molecular weight excluding hydrogens is 232 g/mol. The summed E-state index contributed by atoms with van der Waals surface area (Å²) in [5, 5.41) is 4.32. The predicted octanol–water partition coefficient (Wildman–Crippen LogP) is 3.84. The average molecular weight is 255 g/mol. The van der Waals surface area contributed by atoms with Crippen molar-refractivity contribution < 1.29 is 0 Å². The van der Waals surface area contributed by atoms with Gasteiger partial charge in [-0.3, -0.25) is 4.98 Å².